The van der Waals surface area contributed by atoms with Gasteiger partial charge in [0.25, 0.3) is 11.6 Å². The number of nitrogens with one attached hydrogen (secondary N) is 1. The molecule has 120 valence electrons. The topological polar surface area (TPSA) is 102 Å². The second kappa shape index (κ2) is 6.13. The fourth-order valence-corrected chi connectivity index (χ4v) is 2.32. The van der Waals surface area contributed by atoms with E-state index in [2.05, 4.69) is 5.32 Å². The van der Waals surface area contributed by atoms with E-state index in [1.165, 1.54) is 18.2 Å². The first-order valence-electron chi connectivity index (χ1n) is 6.74. The van der Waals surface area contributed by atoms with Crippen molar-refractivity contribution in [1.82, 2.24) is 0 Å². The molecule has 1 heterocycles. The van der Waals surface area contributed by atoms with Crippen molar-refractivity contribution in [2.24, 2.45) is 0 Å². The number of nitrogens with zero attached hydrogens (tertiary/aromatic N) is 1. The molecule has 0 fully saturated rings. The highest BCUT2D eigenvalue weighted by Crippen LogP contribution is 2.27. The van der Waals surface area contributed by atoms with E-state index in [9.17, 15) is 19.7 Å². The number of hydrogen-bond acceptors (Lipinski definition) is 5. The lowest BCUT2D eigenvalue weighted by Crippen LogP contribution is -2.15. The van der Waals surface area contributed by atoms with Gasteiger partial charge in [0.15, 0.2) is 5.76 Å². The second-order valence-corrected chi connectivity index (χ2v) is 5.27. The maximum atomic E-state index is 12.3. The van der Waals surface area contributed by atoms with Gasteiger partial charge in [0, 0.05) is 12.1 Å². The van der Waals surface area contributed by atoms with E-state index in [4.69, 9.17) is 16.0 Å². The number of hydrogen-bond donors (Lipinski definition) is 1. The zero-order chi connectivity index (χ0) is 17.3. The summed E-state index contributed by atoms with van der Waals surface area (Å²) in [7, 11) is 0. The molecule has 7 nitrogen and oxygen atoms in total. The number of nitro groups is 1. The number of fused-ring (bicyclic) bond motifs is 1. The van der Waals surface area contributed by atoms with Crippen molar-refractivity contribution >= 4 is 39.7 Å². The third-order valence-corrected chi connectivity index (χ3v) is 3.63. The molecule has 24 heavy (non-hydrogen) atoms. The monoisotopic (exact) mass is 344 g/mol. The minimum atomic E-state index is -0.736. The quantitative estimate of drug-likeness (QED) is 0.577. The number of carbonyl (C=O) groups is 1. The van der Waals surface area contributed by atoms with E-state index in [-0.39, 0.29) is 22.2 Å². The van der Waals surface area contributed by atoms with Crippen LogP contribution in [0.15, 0.2) is 57.7 Å². The minimum Gasteiger partial charge on any atom is -0.417 e. The van der Waals surface area contributed by atoms with Gasteiger partial charge in [-0.15, -0.1) is 0 Å². The number of nitro benzene ring substituents is 1. The molecule has 0 saturated carbocycles. The van der Waals surface area contributed by atoms with Crippen LogP contribution in [0.25, 0.3) is 10.8 Å². The third kappa shape index (κ3) is 2.97. The summed E-state index contributed by atoms with van der Waals surface area (Å²) >= 11 is 5.93. The molecule has 8 heteroatoms. The van der Waals surface area contributed by atoms with Gasteiger partial charge in [0.1, 0.15) is 0 Å². The smallest absolute Gasteiger partial charge is 0.344 e. The van der Waals surface area contributed by atoms with Crippen LogP contribution >= 0.6 is 11.6 Å². The number of benzene rings is 2. The van der Waals surface area contributed by atoms with Crippen molar-refractivity contribution in [3.05, 3.63) is 79.8 Å². The summed E-state index contributed by atoms with van der Waals surface area (Å²) in [5, 5.41) is 14.2. The molecule has 0 bridgehead atoms. The van der Waals surface area contributed by atoms with Crippen molar-refractivity contribution in [2.75, 3.05) is 5.32 Å². The summed E-state index contributed by atoms with van der Waals surface area (Å²) in [6.07, 6.45) is 0. The molecule has 0 unspecified atom stereocenters. The molecule has 2 aromatic carbocycles. The Balaban J connectivity index is 1.97. The normalized spacial score (nSPS) is 10.5. The van der Waals surface area contributed by atoms with Gasteiger partial charge < -0.3 is 9.73 Å². The van der Waals surface area contributed by atoms with Gasteiger partial charge in [-0.25, -0.2) is 4.79 Å². The average Bonchev–Trinajstić information content (AvgIpc) is 2.56. The number of non-ortho nitro benzene ring substituents is 1. The number of anilines is 1. The third-order valence-electron chi connectivity index (χ3n) is 3.30. The van der Waals surface area contributed by atoms with Crippen LogP contribution in [0.1, 0.15) is 10.6 Å². The summed E-state index contributed by atoms with van der Waals surface area (Å²) < 4.78 is 5.00. The fourth-order valence-electron chi connectivity index (χ4n) is 2.15. The molecule has 1 N–H and O–H groups in total. The van der Waals surface area contributed by atoms with Gasteiger partial charge in [-0.2, -0.15) is 0 Å². The predicted octanol–water partition coefficient (Wildman–Crippen LogP) is 3.61. The van der Waals surface area contributed by atoms with Crippen molar-refractivity contribution in [3.63, 3.8) is 0 Å². The fraction of sp³-hybridized carbons (Fsp3) is 0. The van der Waals surface area contributed by atoms with Crippen LogP contribution in [0.3, 0.4) is 0 Å². The predicted molar refractivity (Wildman–Crippen MR) is 88.5 cm³/mol. The maximum absolute atomic E-state index is 12.3. The van der Waals surface area contributed by atoms with Crippen molar-refractivity contribution in [1.29, 1.82) is 0 Å². The van der Waals surface area contributed by atoms with Crippen molar-refractivity contribution in [2.45, 2.75) is 0 Å². The highest BCUT2D eigenvalue weighted by Gasteiger charge is 2.16. The van der Waals surface area contributed by atoms with Crippen molar-refractivity contribution < 1.29 is 14.1 Å². The van der Waals surface area contributed by atoms with Gasteiger partial charge >= 0.3 is 5.63 Å². The summed E-state index contributed by atoms with van der Waals surface area (Å²) in [6.45, 7) is 0. The number of rotatable bonds is 3. The maximum Gasteiger partial charge on any atom is 0.344 e. The molecule has 0 saturated heterocycles. The molecule has 0 aliphatic carbocycles. The Morgan fingerprint density at radius 3 is 2.67 bits per heavy atom. The lowest BCUT2D eigenvalue weighted by atomic mass is 10.1. The lowest BCUT2D eigenvalue weighted by Gasteiger charge is -2.07. The van der Waals surface area contributed by atoms with E-state index in [1.807, 2.05) is 0 Å². The Hall–Kier alpha value is -3.19. The van der Waals surface area contributed by atoms with Crippen LogP contribution in [0, 0.1) is 10.1 Å². The Labute approximate surface area is 139 Å². The molecular weight excluding hydrogens is 336 g/mol. The van der Waals surface area contributed by atoms with E-state index in [0.717, 1.165) is 6.07 Å². The highest BCUT2D eigenvalue weighted by molar-refractivity contribution is 6.34. The summed E-state index contributed by atoms with van der Waals surface area (Å²) in [6, 6.07) is 11.7. The molecule has 1 amide bonds. The Bertz CT molecular complexity index is 1030. The van der Waals surface area contributed by atoms with Gasteiger partial charge in [-0.1, -0.05) is 29.8 Å². The lowest BCUT2D eigenvalue weighted by molar-refractivity contribution is -0.384. The zero-order valence-corrected chi connectivity index (χ0v) is 12.7. The Morgan fingerprint density at radius 1 is 1.17 bits per heavy atom. The number of carbonyl (C=O) groups excluding carboxylic acids is 1. The summed E-state index contributed by atoms with van der Waals surface area (Å²) in [5.41, 5.74) is -0.829. The van der Waals surface area contributed by atoms with Gasteiger partial charge in [-0.05, 0) is 23.6 Å². The Morgan fingerprint density at radius 2 is 1.92 bits per heavy atom. The van der Waals surface area contributed by atoms with E-state index >= 15 is 0 Å². The highest BCUT2D eigenvalue weighted by atomic mass is 35.5. The SMILES string of the molecule is O=C(Nc1cc([N+](=O)[O-])ccc1Cl)c1cc2ccccc2c(=O)o1. The van der Waals surface area contributed by atoms with Crippen LogP contribution in [0.2, 0.25) is 5.02 Å². The van der Waals surface area contributed by atoms with Crippen molar-refractivity contribution in [3.8, 4) is 0 Å². The molecule has 0 radical (unpaired) electrons. The van der Waals surface area contributed by atoms with Crippen LogP contribution in [0.5, 0.6) is 0 Å². The number of amides is 1. The summed E-state index contributed by atoms with van der Waals surface area (Å²) in [5.74, 6) is -0.957. The molecule has 3 rings (SSSR count). The molecule has 1 aromatic heterocycles. The Kier molecular flexibility index (Phi) is 4.01. The molecule has 0 spiro atoms. The van der Waals surface area contributed by atoms with Crippen LogP contribution in [-0.2, 0) is 0 Å². The van der Waals surface area contributed by atoms with E-state index in [1.54, 1.807) is 24.3 Å². The van der Waals surface area contributed by atoms with Crippen LogP contribution in [-0.4, -0.2) is 10.8 Å². The molecular formula is C16H9ClN2O5. The second-order valence-electron chi connectivity index (χ2n) is 4.86. The first kappa shape index (κ1) is 15.7. The average molecular weight is 345 g/mol. The molecule has 0 aliphatic heterocycles. The zero-order valence-electron chi connectivity index (χ0n) is 12.0. The molecule has 3 aromatic rings. The molecule has 0 atom stereocenters. The minimum absolute atomic E-state index is 0.0478. The van der Waals surface area contributed by atoms with Gasteiger partial charge in [0.05, 0.1) is 21.0 Å². The van der Waals surface area contributed by atoms with Gasteiger partial charge in [-0.3, -0.25) is 14.9 Å². The number of halogens is 1. The standard InChI is InChI=1S/C16H9ClN2O5/c17-12-6-5-10(19(22)23)8-13(12)18-15(20)14-7-9-3-1-2-4-11(9)16(21)24-14/h1-8H,(H,18,20). The summed E-state index contributed by atoms with van der Waals surface area (Å²) in [4.78, 5) is 34.4. The van der Waals surface area contributed by atoms with E-state index < -0.39 is 16.5 Å². The first-order valence-corrected chi connectivity index (χ1v) is 7.11. The van der Waals surface area contributed by atoms with E-state index in [0.29, 0.717) is 10.8 Å². The van der Waals surface area contributed by atoms with Crippen LogP contribution in [0.4, 0.5) is 11.4 Å². The van der Waals surface area contributed by atoms with Crippen LogP contribution < -0.4 is 10.9 Å². The van der Waals surface area contributed by atoms with Gasteiger partial charge in [0.2, 0.25) is 0 Å². The largest absolute Gasteiger partial charge is 0.417 e. The molecule has 0 aliphatic rings. The first-order chi connectivity index (χ1) is 11.5.